The Kier molecular flexibility index (Phi) is 2.54. The number of carbonyl (C=O) groups is 1. The number of rotatable bonds is 1. The van der Waals surface area contributed by atoms with Crippen LogP contribution in [-0.4, -0.2) is 25.7 Å². The first kappa shape index (κ1) is 9.00. The molecule has 1 aliphatic heterocycles. The summed E-state index contributed by atoms with van der Waals surface area (Å²) in [4.78, 5) is 11.4. The highest BCUT2D eigenvalue weighted by atomic mass is 16.5. The van der Waals surface area contributed by atoms with Gasteiger partial charge in [-0.05, 0) is 18.8 Å². The summed E-state index contributed by atoms with van der Waals surface area (Å²) < 4.78 is 4.80. The lowest BCUT2D eigenvalue weighted by molar-refractivity contribution is -0.146. The standard InChI is InChI=1S/C10H17NO2/c1-13-10(12)8-6-11-9-5-3-2-4-7(8)9/h7-9,11H,2-6H2,1H3. The molecule has 0 aromatic carbocycles. The Hall–Kier alpha value is -0.570. The van der Waals surface area contributed by atoms with Crippen LogP contribution in [0.4, 0.5) is 0 Å². The molecule has 3 nitrogen and oxygen atoms in total. The van der Waals surface area contributed by atoms with Crippen molar-refractivity contribution in [2.75, 3.05) is 13.7 Å². The molecule has 0 bridgehead atoms. The molecule has 1 saturated carbocycles. The van der Waals surface area contributed by atoms with E-state index in [2.05, 4.69) is 5.32 Å². The molecule has 1 saturated heterocycles. The van der Waals surface area contributed by atoms with Crippen LogP contribution in [0.5, 0.6) is 0 Å². The Morgan fingerprint density at radius 1 is 1.38 bits per heavy atom. The molecule has 3 heteroatoms. The van der Waals surface area contributed by atoms with Gasteiger partial charge >= 0.3 is 5.97 Å². The number of hydrogen-bond acceptors (Lipinski definition) is 3. The number of carbonyl (C=O) groups excluding carboxylic acids is 1. The summed E-state index contributed by atoms with van der Waals surface area (Å²) in [6, 6.07) is 0.581. The molecule has 0 aromatic heterocycles. The second-order valence-corrected chi connectivity index (χ2v) is 4.09. The van der Waals surface area contributed by atoms with Crippen LogP contribution in [0.3, 0.4) is 0 Å². The van der Waals surface area contributed by atoms with Gasteiger partial charge in [-0.2, -0.15) is 0 Å². The van der Waals surface area contributed by atoms with Crippen molar-refractivity contribution in [1.82, 2.24) is 5.32 Å². The van der Waals surface area contributed by atoms with Gasteiger partial charge in [0.05, 0.1) is 13.0 Å². The maximum atomic E-state index is 11.4. The van der Waals surface area contributed by atoms with Crippen molar-refractivity contribution < 1.29 is 9.53 Å². The van der Waals surface area contributed by atoms with Crippen molar-refractivity contribution in [2.45, 2.75) is 31.7 Å². The van der Waals surface area contributed by atoms with Gasteiger partial charge in [0.15, 0.2) is 0 Å². The highest BCUT2D eigenvalue weighted by Gasteiger charge is 2.41. The molecule has 74 valence electrons. The SMILES string of the molecule is COC(=O)C1CNC2CCCCC21. The van der Waals surface area contributed by atoms with Crippen LogP contribution in [0.25, 0.3) is 0 Å². The lowest BCUT2D eigenvalue weighted by Gasteiger charge is -2.27. The van der Waals surface area contributed by atoms with Gasteiger partial charge in [0.1, 0.15) is 0 Å². The summed E-state index contributed by atoms with van der Waals surface area (Å²) >= 11 is 0. The van der Waals surface area contributed by atoms with Crippen LogP contribution in [0.2, 0.25) is 0 Å². The van der Waals surface area contributed by atoms with Crippen molar-refractivity contribution in [2.24, 2.45) is 11.8 Å². The fraction of sp³-hybridized carbons (Fsp3) is 0.900. The monoisotopic (exact) mass is 183 g/mol. The minimum atomic E-state index is -0.0260. The van der Waals surface area contributed by atoms with E-state index in [-0.39, 0.29) is 11.9 Å². The Balaban J connectivity index is 2.02. The Bertz CT molecular complexity index is 205. The molecule has 0 spiro atoms. The second-order valence-electron chi connectivity index (χ2n) is 4.09. The Morgan fingerprint density at radius 3 is 2.92 bits per heavy atom. The van der Waals surface area contributed by atoms with Gasteiger partial charge in [-0.1, -0.05) is 12.8 Å². The molecule has 3 unspecified atom stereocenters. The van der Waals surface area contributed by atoms with Crippen molar-refractivity contribution >= 4 is 5.97 Å². The van der Waals surface area contributed by atoms with Crippen LogP contribution in [0.15, 0.2) is 0 Å². The molecular weight excluding hydrogens is 166 g/mol. The van der Waals surface area contributed by atoms with Crippen LogP contribution < -0.4 is 5.32 Å². The molecule has 3 atom stereocenters. The minimum Gasteiger partial charge on any atom is -0.469 e. The van der Waals surface area contributed by atoms with Gasteiger partial charge in [0.25, 0.3) is 0 Å². The van der Waals surface area contributed by atoms with Crippen molar-refractivity contribution in [3.63, 3.8) is 0 Å². The van der Waals surface area contributed by atoms with E-state index in [1.54, 1.807) is 0 Å². The van der Waals surface area contributed by atoms with Crippen LogP contribution in [0.1, 0.15) is 25.7 Å². The van der Waals surface area contributed by atoms with E-state index < -0.39 is 0 Å². The average Bonchev–Trinajstić information content (AvgIpc) is 2.60. The van der Waals surface area contributed by atoms with Gasteiger partial charge in [0.2, 0.25) is 0 Å². The predicted molar refractivity (Wildman–Crippen MR) is 49.3 cm³/mol. The van der Waals surface area contributed by atoms with Crippen LogP contribution >= 0.6 is 0 Å². The molecule has 2 aliphatic rings. The summed E-state index contributed by atoms with van der Waals surface area (Å²) in [6.07, 6.45) is 5.01. The third-order valence-corrected chi connectivity index (χ3v) is 3.44. The minimum absolute atomic E-state index is 0.0260. The zero-order valence-corrected chi connectivity index (χ0v) is 8.08. The first-order valence-corrected chi connectivity index (χ1v) is 5.14. The highest BCUT2D eigenvalue weighted by Crippen LogP contribution is 2.34. The van der Waals surface area contributed by atoms with E-state index in [1.165, 1.54) is 32.8 Å². The quantitative estimate of drug-likeness (QED) is 0.615. The number of methoxy groups -OCH3 is 1. The van der Waals surface area contributed by atoms with Gasteiger partial charge in [-0.25, -0.2) is 0 Å². The highest BCUT2D eigenvalue weighted by molar-refractivity contribution is 5.73. The summed E-state index contributed by atoms with van der Waals surface area (Å²) in [5.41, 5.74) is 0. The van der Waals surface area contributed by atoms with Gasteiger partial charge in [-0.15, -0.1) is 0 Å². The summed E-state index contributed by atoms with van der Waals surface area (Å²) in [5.74, 6) is 0.637. The van der Waals surface area contributed by atoms with Crippen LogP contribution in [0, 0.1) is 11.8 Å². The number of nitrogens with one attached hydrogen (secondary N) is 1. The fourth-order valence-electron chi connectivity index (χ4n) is 2.73. The first-order chi connectivity index (χ1) is 6.33. The molecule has 0 amide bonds. The van der Waals surface area contributed by atoms with Crippen molar-refractivity contribution in [3.8, 4) is 0 Å². The molecule has 1 aliphatic carbocycles. The maximum absolute atomic E-state index is 11.4. The van der Waals surface area contributed by atoms with Gasteiger partial charge < -0.3 is 10.1 Å². The topological polar surface area (TPSA) is 38.3 Å². The lowest BCUT2D eigenvalue weighted by atomic mass is 9.80. The number of ether oxygens (including phenoxy) is 1. The van der Waals surface area contributed by atoms with Gasteiger partial charge in [0, 0.05) is 12.6 Å². The predicted octanol–water partition coefficient (Wildman–Crippen LogP) is 0.938. The largest absolute Gasteiger partial charge is 0.469 e. The summed E-state index contributed by atoms with van der Waals surface area (Å²) in [6.45, 7) is 0.821. The average molecular weight is 183 g/mol. The van der Waals surface area contributed by atoms with Gasteiger partial charge in [-0.3, -0.25) is 4.79 Å². The Morgan fingerprint density at radius 2 is 2.15 bits per heavy atom. The van der Waals surface area contributed by atoms with E-state index in [9.17, 15) is 4.79 Å². The van der Waals surface area contributed by atoms with E-state index in [4.69, 9.17) is 4.74 Å². The third kappa shape index (κ3) is 1.57. The van der Waals surface area contributed by atoms with E-state index in [1.807, 2.05) is 0 Å². The Labute approximate surface area is 78.8 Å². The normalized spacial score (nSPS) is 38.4. The lowest BCUT2D eigenvalue weighted by Crippen LogP contribution is -2.31. The smallest absolute Gasteiger partial charge is 0.310 e. The van der Waals surface area contributed by atoms with Crippen LogP contribution in [-0.2, 0) is 9.53 Å². The molecule has 13 heavy (non-hydrogen) atoms. The maximum Gasteiger partial charge on any atom is 0.310 e. The fourth-order valence-corrected chi connectivity index (χ4v) is 2.73. The zero-order valence-electron chi connectivity index (χ0n) is 8.08. The molecule has 2 fully saturated rings. The number of fused-ring (bicyclic) bond motifs is 1. The molecule has 2 rings (SSSR count). The zero-order chi connectivity index (χ0) is 9.26. The number of hydrogen-bond donors (Lipinski definition) is 1. The molecular formula is C10H17NO2. The van der Waals surface area contributed by atoms with Crippen molar-refractivity contribution in [1.29, 1.82) is 0 Å². The first-order valence-electron chi connectivity index (χ1n) is 5.14. The van der Waals surface area contributed by atoms with E-state index in [0.717, 1.165) is 6.54 Å². The summed E-state index contributed by atoms with van der Waals surface area (Å²) in [5, 5.41) is 3.42. The molecule has 0 radical (unpaired) electrons. The molecule has 0 aromatic rings. The van der Waals surface area contributed by atoms with Crippen molar-refractivity contribution in [3.05, 3.63) is 0 Å². The van der Waals surface area contributed by atoms with E-state index in [0.29, 0.717) is 12.0 Å². The molecule has 1 heterocycles. The summed E-state index contributed by atoms with van der Waals surface area (Å²) in [7, 11) is 1.48. The number of esters is 1. The third-order valence-electron chi connectivity index (χ3n) is 3.44. The van der Waals surface area contributed by atoms with E-state index >= 15 is 0 Å². The second kappa shape index (κ2) is 3.66. The molecule has 1 N–H and O–H groups in total.